The molecule has 5 rings (SSSR count). The molecule has 4 aromatic rings. The second-order valence-electron chi connectivity index (χ2n) is 11.8. The first-order valence-electron chi connectivity index (χ1n) is 16.5. The largest absolute Gasteiger partial charge is 0.504 e. The van der Waals surface area contributed by atoms with Crippen LogP contribution in [-0.2, 0) is 20.9 Å². The molecule has 4 aromatic carbocycles. The normalized spacial score (nSPS) is 13.3. The second-order valence-corrected chi connectivity index (χ2v) is 11.8. The quantitative estimate of drug-likeness (QED) is 0.0999. The zero-order valence-corrected chi connectivity index (χ0v) is 27.6. The van der Waals surface area contributed by atoms with Gasteiger partial charge >= 0.3 is 6.09 Å². The average Bonchev–Trinajstić information content (AvgIpc) is 3.11. The summed E-state index contributed by atoms with van der Waals surface area (Å²) in [6.45, 7) is 3.04. The molecule has 1 saturated heterocycles. The van der Waals surface area contributed by atoms with Gasteiger partial charge in [-0.3, -0.25) is 14.9 Å². The molecule has 5 N–H and O–H groups in total. The molecule has 49 heavy (non-hydrogen) atoms. The number of para-hydroxylation sites is 1. The summed E-state index contributed by atoms with van der Waals surface area (Å²) in [7, 11) is 1.50. The number of amides is 3. The second kappa shape index (κ2) is 17.7. The summed E-state index contributed by atoms with van der Waals surface area (Å²) in [4.78, 5) is 40.1. The molecule has 1 aliphatic heterocycles. The fraction of sp³-hybridized carbons (Fsp3) is 0.289. The zero-order valence-electron chi connectivity index (χ0n) is 27.6. The lowest BCUT2D eigenvalue weighted by Crippen LogP contribution is -2.39. The summed E-state index contributed by atoms with van der Waals surface area (Å²) in [6, 6.07) is 29.7. The first kappa shape index (κ1) is 34.9. The number of methoxy groups -OCH3 is 1. The van der Waals surface area contributed by atoms with E-state index in [1.54, 1.807) is 42.5 Å². The Balaban J connectivity index is 0.975. The van der Waals surface area contributed by atoms with Crippen molar-refractivity contribution in [2.45, 2.75) is 38.3 Å². The van der Waals surface area contributed by atoms with Gasteiger partial charge in [0.05, 0.1) is 12.8 Å². The summed E-state index contributed by atoms with van der Waals surface area (Å²) in [5, 5.41) is 21.6. The van der Waals surface area contributed by atoms with Crippen LogP contribution in [0.1, 0.15) is 31.2 Å². The predicted molar refractivity (Wildman–Crippen MR) is 191 cm³/mol. The van der Waals surface area contributed by atoms with E-state index in [1.165, 1.54) is 7.11 Å². The van der Waals surface area contributed by atoms with Gasteiger partial charge in [-0.2, -0.15) is 0 Å². The first-order valence-corrected chi connectivity index (χ1v) is 16.5. The maximum Gasteiger partial charge on any atom is 0.411 e. The summed E-state index contributed by atoms with van der Waals surface area (Å²) < 4.78 is 10.9. The molecule has 0 spiro atoms. The lowest BCUT2D eigenvalue weighted by atomic mass is 10.0. The van der Waals surface area contributed by atoms with Crippen LogP contribution in [0, 0.1) is 0 Å². The summed E-state index contributed by atoms with van der Waals surface area (Å²) in [6.07, 6.45) is 1.31. The van der Waals surface area contributed by atoms with E-state index in [1.807, 2.05) is 54.6 Å². The number of aromatic hydroxyl groups is 1. The maximum absolute atomic E-state index is 12.7. The summed E-state index contributed by atoms with van der Waals surface area (Å²) >= 11 is 0. The van der Waals surface area contributed by atoms with Gasteiger partial charge in [0.2, 0.25) is 11.8 Å². The number of hydrogen-bond donors (Lipinski definition) is 5. The molecule has 0 aromatic heterocycles. The first-order chi connectivity index (χ1) is 23.9. The molecule has 256 valence electrons. The summed E-state index contributed by atoms with van der Waals surface area (Å²) in [5.41, 5.74) is 4.78. The van der Waals surface area contributed by atoms with Crippen LogP contribution >= 0.6 is 0 Å². The van der Waals surface area contributed by atoms with E-state index >= 15 is 0 Å². The molecule has 0 bridgehead atoms. The monoisotopic (exact) mass is 665 g/mol. The fourth-order valence-electron chi connectivity index (χ4n) is 5.65. The maximum atomic E-state index is 12.7. The minimum absolute atomic E-state index is 0.0802. The third-order valence-electron chi connectivity index (χ3n) is 8.24. The van der Waals surface area contributed by atoms with Gasteiger partial charge in [-0.05, 0) is 60.4 Å². The Morgan fingerprint density at radius 2 is 1.49 bits per heavy atom. The van der Waals surface area contributed by atoms with Crippen molar-refractivity contribution in [2.24, 2.45) is 0 Å². The number of nitrogens with one attached hydrogen (secondary N) is 4. The Labute approximate surface area is 286 Å². The standard InChI is InChI=1S/C38H43N5O6/c1-48-35-24-27(14-15-34(35)44)26-39-20-16-36(45)40-29-10-7-11-30(25-29)41-37(46)19-23-43-21-17-31(18-22-43)49-38(47)42-33-13-6-5-12-32(33)28-8-3-2-4-9-28/h2-15,24-25,31,39,44H,16-23,26H2,1H3,(H,40,45)(H,41,46)(H,42,47). The number of phenols is 1. The highest BCUT2D eigenvalue weighted by molar-refractivity contribution is 5.94. The van der Waals surface area contributed by atoms with Crippen LogP contribution in [0.25, 0.3) is 11.1 Å². The van der Waals surface area contributed by atoms with E-state index in [4.69, 9.17) is 9.47 Å². The topological polar surface area (TPSA) is 141 Å². The van der Waals surface area contributed by atoms with Gasteiger partial charge in [-0.1, -0.05) is 60.7 Å². The Bertz CT molecular complexity index is 1710. The van der Waals surface area contributed by atoms with Gasteiger partial charge in [0, 0.05) is 62.5 Å². The number of benzene rings is 4. The number of carbonyl (C=O) groups is 3. The van der Waals surface area contributed by atoms with Crippen LogP contribution in [0.4, 0.5) is 21.9 Å². The molecule has 11 heteroatoms. The number of carbonyl (C=O) groups excluding carboxylic acids is 3. The van der Waals surface area contributed by atoms with Gasteiger partial charge in [0.1, 0.15) is 6.10 Å². The van der Waals surface area contributed by atoms with Gasteiger partial charge < -0.3 is 35.4 Å². The third-order valence-corrected chi connectivity index (χ3v) is 8.24. The van der Waals surface area contributed by atoms with Crippen LogP contribution in [0.15, 0.2) is 97.1 Å². The van der Waals surface area contributed by atoms with E-state index in [2.05, 4.69) is 26.2 Å². The van der Waals surface area contributed by atoms with E-state index in [-0.39, 0.29) is 30.1 Å². The highest BCUT2D eigenvalue weighted by Crippen LogP contribution is 2.28. The number of anilines is 3. The minimum Gasteiger partial charge on any atom is -0.504 e. The molecule has 3 amide bonds. The van der Waals surface area contributed by atoms with Crippen molar-refractivity contribution in [2.75, 3.05) is 49.2 Å². The van der Waals surface area contributed by atoms with Crippen molar-refractivity contribution in [1.82, 2.24) is 10.2 Å². The smallest absolute Gasteiger partial charge is 0.411 e. The van der Waals surface area contributed by atoms with Crippen molar-refractivity contribution in [3.05, 3.63) is 103 Å². The molecule has 0 aliphatic carbocycles. The molecular weight excluding hydrogens is 622 g/mol. The van der Waals surface area contributed by atoms with Gasteiger partial charge in [-0.15, -0.1) is 0 Å². The number of rotatable bonds is 14. The molecule has 1 fully saturated rings. The lowest BCUT2D eigenvalue weighted by Gasteiger charge is -2.31. The van der Waals surface area contributed by atoms with Crippen molar-refractivity contribution in [1.29, 1.82) is 0 Å². The van der Waals surface area contributed by atoms with Crippen LogP contribution in [0.5, 0.6) is 11.5 Å². The molecule has 0 unspecified atom stereocenters. The Kier molecular flexibility index (Phi) is 12.6. The molecule has 1 heterocycles. The number of hydrogen-bond acceptors (Lipinski definition) is 8. The van der Waals surface area contributed by atoms with Gasteiger partial charge in [-0.25, -0.2) is 4.79 Å². The Hall–Kier alpha value is -5.39. The van der Waals surface area contributed by atoms with Crippen LogP contribution in [0.3, 0.4) is 0 Å². The minimum atomic E-state index is -0.469. The van der Waals surface area contributed by atoms with E-state index in [9.17, 15) is 19.5 Å². The number of nitrogens with zero attached hydrogens (tertiary/aromatic N) is 1. The predicted octanol–water partition coefficient (Wildman–Crippen LogP) is 6.23. The van der Waals surface area contributed by atoms with E-state index < -0.39 is 6.09 Å². The molecule has 11 nitrogen and oxygen atoms in total. The SMILES string of the molecule is COc1cc(CNCCC(=O)Nc2cccc(NC(=O)CCN3CCC(OC(=O)Nc4ccccc4-c4ccccc4)CC3)c2)ccc1O. The lowest BCUT2D eigenvalue weighted by molar-refractivity contribution is -0.117. The summed E-state index contributed by atoms with van der Waals surface area (Å²) in [5.74, 6) is 0.213. The number of phenolic OH excluding ortho intramolecular Hbond substituents is 1. The van der Waals surface area contributed by atoms with Gasteiger partial charge in [0.15, 0.2) is 11.5 Å². The van der Waals surface area contributed by atoms with Crippen molar-refractivity contribution < 1.29 is 29.0 Å². The van der Waals surface area contributed by atoms with Crippen molar-refractivity contribution >= 4 is 35.0 Å². The molecule has 0 saturated carbocycles. The molecular formula is C38H43N5O6. The number of piperidine rings is 1. The van der Waals surface area contributed by atoms with Gasteiger partial charge in [0.25, 0.3) is 0 Å². The number of ether oxygens (including phenoxy) is 2. The van der Waals surface area contributed by atoms with Crippen LogP contribution in [-0.4, -0.2) is 67.3 Å². The number of likely N-dealkylation sites (tertiary alicyclic amines) is 1. The average molecular weight is 666 g/mol. The third kappa shape index (κ3) is 10.8. The van der Waals surface area contributed by atoms with Crippen molar-refractivity contribution in [3.8, 4) is 22.6 Å². The fourth-order valence-corrected chi connectivity index (χ4v) is 5.65. The van der Waals surface area contributed by atoms with Crippen molar-refractivity contribution in [3.63, 3.8) is 0 Å². The van der Waals surface area contributed by atoms with Crippen LogP contribution in [0.2, 0.25) is 0 Å². The highest BCUT2D eigenvalue weighted by Gasteiger charge is 2.23. The Morgan fingerprint density at radius 3 is 2.22 bits per heavy atom. The molecule has 0 atom stereocenters. The van der Waals surface area contributed by atoms with Crippen LogP contribution < -0.4 is 26.0 Å². The zero-order chi connectivity index (χ0) is 34.4. The molecule has 0 radical (unpaired) electrons. The van der Waals surface area contributed by atoms with E-state index in [0.717, 1.165) is 29.8 Å². The highest BCUT2D eigenvalue weighted by atomic mass is 16.6. The van der Waals surface area contributed by atoms with E-state index in [0.29, 0.717) is 61.7 Å². The molecule has 1 aliphatic rings. The Morgan fingerprint density at radius 1 is 0.796 bits per heavy atom.